The fourth-order valence-corrected chi connectivity index (χ4v) is 5.52. The largest absolute Gasteiger partial charge is 0.493 e. The van der Waals surface area contributed by atoms with Crippen molar-refractivity contribution in [3.8, 4) is 11.5 Å². The molecule has 0 atom stereocenters. The number of ether oxygens (including phenoxy) is 2. The number of carbonyl (C=O) groups is 1. The summed E-state index contributed by atoms with van der Waals surface area (Å²) in [6, 6.07) is 27.2. The van der Waals surface area contributed by atoms with Crippen molar-refractivity contribution in [1.29, 1.82) is 0 Å². The number of nitrogens with zero attached hydrogens (tertiary/aromatic N) is 1. The lowest BCUT2D eigenvalue weighted by atomic mass is 10.1. The van der Waals surface area contributed by atoms with Crippen molar-refractivity contribution in [2.45, 2.75) is 6.61 Å². The van der Waals surface area contributed by atoms with Crippen LogP contribution in [0.25, 0.3) is 16.8 Å². The standard InChI is InChI=1S/C28H20ClNO3S2/c1-32-24-15-18(16-25-27(31)30(28(34)35-25)21-11-3-2-4-12-21)14-23(29)26(24)33-17-20-10-7-9-19-8-5-6-13-22(19)20/h2-16H,17H2,1H3/b25-16+. The molecule has 1 amide bonds. The molecular weight excluding hydrogens is 498 g/mol. The quantitative estimate of drug-likeness (QED) is 0.196. The lowest BCUT2D eigenvalue weighted by Crippen LogP contribution is -2.27. The Kier molecular flexibility index (Phi) is 6.77. The van der Waals surface area contributed by atoms with Gasteiger partial charge in [0.15, 0.2) is 15.8 Å². The molecule has 0 aliphatic carbocycles. The number of rotatable bonds is 6. The zero-order chi connectivity index (χ0) is 24.4. The SMILES string of the molecule is COc1cc(/C=C2/SC(=S)N(c3ccccc3)C2=O)cc(Cl)c1OCc1cccc2ccccc12. The van der Waals surface area contributed by atoms with E-state index in [-0.39, 0.29) is 5.91 Å². The zero-order valence-corrected chi connectivity index (χ0v) is 21.1. The summed E-state index contributed by atoms with van der Waals surface area (Å²) in [4.78, 5) is 15.1. The fourth-order valence-electron chi connectivity index (χ4n) is 3.95. The predicted molar refractivity (Wildman–Crippen MR) is 148 cm³/mol. The second-order valence-electron chi connectivity index (χ2n) is 7.81. The summed E-state index contributed by atoms with van der Waals surface area (Å²) in [7, 11) is 1.56. The summed E-state index contributed by atoms with van der Waals surface area (Å²) in [6.45, 7) is 0.340. The van der Waals surface area contributed by atoms with Gasteiger partial charge in [-0.05, 0) is 52.2 Å². The number of thioether (sulfide) groups is 1. The summed E-state index contributed by atoms with van der Waals surface area (Å²) in [6.07, 6.45) is 1.77. The number of para-hydroxylation sites is 1. The number of thiocarbonyl (C=S) groups is 1. The Balaban J connectivity index is 1.40. The van der Waals surface area contributed by atoms with Crippen LogP contribution in [0.15, 0.2) is 89.8 Å². The van der Waals surface area contributed by atoms with Crippen LogP contribution < -0.4 is 14.4 Å². The van der Waals surface area contributed by atoms with Gasteiger partial charge < -0.3 is 9.47 Å². The first-order chi connectivity index (χ1) is 17.0. The van der Waals surface area contributed by atoms with Gasteiger partial charge in [0, 0.05) is 0 Å². The molecule has 1 saturated heterocycles. The second kappa shape index (κ2) is 10.1. The number of benzene rings is 4. The molecule has 174 valence electrons. The maximum atomic E-state index is 13.1. The van der Waals surface area contributed by atoms with E-state index in [2.05, 4.69) is 18.2 Å². The first-order valence-corrected chi connectivity index (χ1v) is 12.5. The smallest absolute Gasteiger partial charge is 0.270 e. The van der Waals surface area contributed by atoms with Crippen molar-refractivity contribution in [2.75, 3.05) is 12.0 Å². The zero-order valence-electron chi connectivity index (χ0n) is 18.7. The maximum Gasteiger partial charge on any atom is 0.270 e. The molecule has 0 spiro atoms. The molecule has 0 bridgehead atoms. The number of amides is 1. The van der Waals surface area contributed by atoms with Crippen LogP contribution in [0.3, 0.4) is 0 Å². The number of anilines is 1. The van der Waals surface area contributed by atoms with E-state index in [9.17, 15) is 4.79 Å². The van der Waals surface area contributed by atoms with Gasteiger partial charge in [-0.15, -0.1) is 0 Å². The molecule has 4 nitrogen and oxygen atoms in total. The molecule has 1 aliphatic rings. The van der Waals surface area contributed by atoms with Gasteiger partial charge in [0.1, 0.15) is 6.61 Å². The van der Waals surface area contributed by atoms with Crippen LogP contribution in [-0.4, -0.2) is 17.3 Å². The molecule has 0 aromatic heterocycles. The van der Waals surface area contributed by atoms with Crippen LogP contribution in [0.2, 0.25) is 5.02 Å². The van der Waals surface area contributed by atoms with Gasteiger partial charge in [0.05, 0.1) is 22.7 Å². The Hall–Kier alpha value is -3.32. The molecule has 0 saturated carbocycles. The van der Waals surface area contributed by atoms with Gasteiger partial charge in [-0.25, -0.2) is 0 Å². The van der Waals surface area contributed by atoms with Gasteiger partial charge in [-0.3, -0.25) is 9.69 Å². The van der Waals surface area contributed by atoms with Crippen LogP contribution in [0.5, 0.6) is 11.5 Å². The molecule has 7 heteroatoms. The minimum Gasteiger partial charge on any atom is -0.493 e. The van der Waals surface area contributed by atoms with Crippen molar-refractivity contribution < 1.29 is 14.3 Å². The van der Waals surface area contributed by atoms with E-state index in [1.807, 2.05) is 54.6 Å². The lowest BCUT2D eigenvalue weighted by molar-refractivity contribution is -0.113. The first kappa shape index (κ1) is 23.4. The fraction of sp³-hybridized carbons (Fsp3) is 0.0714. The molecule has 1 fully saturated rings. The minimum absolute atomic E-state index is 0.169. The molecule has 35 heavy (non-hydrogen) atoms. The highest BCUT2D eigenvalue weighted by Gasteiger charge is 2.33. The van der Waals surface area contributed by atoms with Gasteiger partial charge in [0.25, 0.3) is 5.91 Å². The second-order valence-corrected chi connectivity index (χ2v) is 9.90. The number of hydrogen-bond acceptors (Lipinski definition) is 5. The molecule has 0 N–H and O–H groups in total. The van der Waals surface area contributed by atoms with Crippen LogP contribution >= 0.6 is 35.6 Å². The average Bonchev–Trinajstić information content (AvgIpc) is 3.15. The average molecular weight is 518 g/mol. The Morgan fingerprint density at radius 2 is 1.74 bits per heavy atom. The summed E-state index contributed by atoms with van der Waals surface area (Å²) in [5.41, 5.74) is 2.51. The Bertz CT molecular complexity index is 1460. The van der Waals surface area contributed by atoms with Crippen LogP contribution in [-0.2, 0) is 11.4 Å². The van der Waals surface area contributed by atoms with Crippen LogP contribution in [0.4, 0.5) is 5.69 Å². The van der Waals surface area contributed by atoms with E-state index < -0.39 is 0 Å². The third-order valence-corrected chi connectivity index (χ3v) is 7.19. The number of fused-ring (bicyclic) bond motifs is 1. The highest BCUT2D eigenvalue weighted by atomic mass is 35.5. The predicted octanol–water partition coefficient (Wildman–Crippen LogP) is 7.49. The van der Waals surface area contributed by atoms with Crippen molar-refractivity contribution in [2.24, 2.45) is 0 Å². The van der Waals surface area contributed by atoms with E-state index >= 15 is 0 Å². The van der Waals surface area contributed by atoms with E-state index in [4.69, 9.17) is 33.3 Å². The number of halogens is 1. The maximum absolute atomic E-state index is 13.1. The number of hydrogen-bond donors (Lipinski definition) is 0. The molecule has 0 radical (unpaired) electrons. The summed E-state index contributed by atoms with van der Waals surface area (Å²) in [5.74, 6) is 0.774. The molecule has 1 heterocycles. The van der Waals surface area contributed by atoms with Gasteiger partial charge >= 0.3 is 0 Å². The number of methoxy groups -OCH3 is 1. The lowest BCUT2D eigenvalue weighted by Gasteiger charge is -2.15. The molecule has 1 aliphatic heterocycles. The summed E-state index contributed by atoms with van der Waals surface area (Å²) < 4.78 is 12.2. The van der Waals surface area contributed by atoms with Gasteiger partial charge in [-0.2, -0.15) is 0 Å². The minimum atomic E-state index is -0.169. The van der Waals surface area contributed by atoms with Crippen molar-refractivity contribution in [3.63, 3.8) is 0 Å². The molecule has 0 unspecified atom stereocenters. The van der Waals surface area contributed by atoms with E-state index in [0.717, 1.165) is 27.6 Å². The molecule has 5 rings (SSSR count). The third kappa shape index (κ3) is 4.78. The Labute approximate surface area is 218 Å². The van der Waals surface area contributed by atoms with Gasteiger partial charge in [-0.1, -0.05) is 96.2 Å². The van der Waals surface area contributed by atoms with Crippen LogP contribution in [0, 0.1) is 0 Å². The molecule has 4 aromatic rings. The van der Waals surface area contributed by atoms with E-state index in [1.165, 1.54) is 16.7 Å². The summed E-state index contributed by atoms with van der Waals surface area (Å²) >= 11 is 13.3. The van der Waals surface area contributed by atoms with Crippen molar-refractivity contribution in [3.05, 3.63) is 106 Å². The Morgan fingerprint density at radius 1 is 1.00 bits per heavy atom. The highest BCUT2D eigenvalue weighted by Crippen LogP contribution is 2.40. The molecule has 4 aromatic carbocycles. The normalized spacial score (nSPS) is 14.7. The number of carbonyl (C=O) groups excluding carboxylic acids is 1. The Morgan fingerprint density at radius 3 is 2.54 bits per heavy atom. The first-order valence-electron chi connectivity index (χ1n) is 10.8. The van der Waals surface area contributed by atoms with E-state index in [1.54, 1.807) is 25.3 Å². The summed E-state index contributed by atoms with van der Waals surface area (Å²) in [5, 5.41) is 2.67. The third-order valence-electron chi connectivity index (χ3n) is 5.61. The van der Waals surface area contributed by atoms with Crippen LogP contribution in [0.1, 0.15) is 11.1 Å². The van der Waals surface area contributed by atoms with Crippen molar-refractivity contribution >= 4 is 68.3 Å². The van der Waals surface area contributed by atoms with E-state index in [0.29, 0.717) is 32.4 Å². The topological polar surface area (TPSA) is 38.8 Å². The monoisotopic (exact) mass is 517 g/mol. The molecular formula is C28H20ClNO3S2. The highest BCUT2D eigenvalue weighted by molar-refractivity contribution is 8.27. The van der Waals surface area contributed by atoms with Crippen molar-refractivity contribution in [1.82, 2.24) is 0 Å². The van der Waals surface area contributed by atoms with Gasteiger partial charge in [0.2, 0.25) is 0 Å².